The van der Waals surface area contributed by atoms with Crippen molar-refractivity contribution in [3.05, 3.63) is 46.8 Å². The first-order valence-corrected chi connectivity index (χ1v) is 11.1. The average molecular weight is 393 g/mol. The van der Waals surface area contributed by atoms with Crippen molar-refractivity contribution in [2.45, 2.75) is 64.2 Å². The minimum atomic E-state index is -0.287. The van der Waals surface area contributed by atoms with E-state index in [0.717, 1.165) is 42.3 Å². The van der Waals surface area contributed by atoms with Gasteiger partial charge in [0.25, 0.3) is 0 Å². The number of benzene rings is 1. The predicted molar refractivity (Wildman–Crippen MR) is 112 cm³/mol. The Hall–Kier alpha value is -0.860. The molecule has 1 aromatic carbocycles. The van der Waals surface area contributed by atoms with Gasteiger partial charge in [-0.25, -0.2) is 4.39 Å². The molecule has 0 saturated heterocycles. The highest BCUT2D eigenvalue weighted by molar-refractivity contribution is 6.30. The molecule has 1 nitrogen and oxygen atoms in total. The molecule has 3 heteroatoms. The SMILES string of the molecule is COC/C=C/[C@H]1CC[C@H](C2CCC(CCc3ccc(Cl)c(F)c3)CC2)CC1. The normalized spacial score (nSPS) is 29.3. The van der Waals surface area contributed by atoms with Crippen LogP contribution in [0.5, 0.6) is 0 Å². The van der Waals surface area contributed by atoms with E-state index in [-0.39, 0.29) is 10.8 Å². The molecule has 2 fully saturated rings. The molecule has 2 aliphatic rings. The summed E-state index contributed by atoms with van der Waals surface area (Å²) in [7, 11) is 1.76. The van der Waals surface area contributed by atoms with Crippen LogP contribution in [0.3, 0.4) is 0 Å². The fraction of sp³-hybridized carbons (Fsp3) is 0.667. The molecule has 0 aliphatic heterocycles. The van der Waals surface area contributed by atoms with E-state index in [1.54, 1.807) is 19.2 Å². The van der Waals surface area contributed by atoms with Gasteiger partial charge < -0.3 is 4.74 Å². The number of ether oxygens (including phenoxy) is 1. The second kappa shape index (κ2) is 10.6. The summed E-state index contributed by atoms with van der Waals surface area (Å²) < 4.78 is 18.7. The summed E-state index contributed by atoms with van der Waals surface area (Å²) in [5.41, 5.74) is 1.08. The van der Waals surface area contributed by atoms with E-state index in [0.29, 0.717) is 0 Å². The van der Waals surface area contributed by atoms with Crippen molar-refractivity contribution in [3.8, 4) is 0 Å². The fourth-order valence-electron chi connectivity index (χ4n) is 5.17. The Morgan fingerprint density at radius 1 is 1.04 bits per heavy atom. The van der Waals surface area contributed by atoms with E-state index >= 15 is 0 Å². The predicted octanol–water partition coefficient (Wildman–Crippen LogP) is 7.23. The largest absolute Gasteiger partial charge is 0.381 e. The molecule has 2 saturated carbocycles. The quantitative estimate of drug-likeness (QED) is 0.445. The van der Waals surface area contributed by atoms with Crippen LogP contribution in [0.2, 0.25) is 5.02 Å². The average Bonchev–Trinajstić information content (AvgIpc) is 2.70. The van der Waals surface area contributed by atoms with Gasteiger partial charge in [0.1, 0.15) is 5.82 Å². The van der Waals surface area contributed by atoms with Gasteiger partial charge in [0.15, 0.2) is 0 Å². The molecule has 0 atom stereocenters. The molecule has 0 unspecified atom stereocenters. The third-order valence-corrected chi connectivity index (χ3v) is 7.18. The first-order valence-electron chi connectivity index (χ1n) is 10.7. The third kappa shape index (κ3) is 6.32. The van der Waals surface area contributed by atoms with Crippen LogP contribution in [0, 0.1) is 29.5 Å². The molecule has 0 aromatic heterocycles. The summed E-state index contributed by atoms with van der Waals surface area (Å²) in [6, 6.07) is 5.26. The molecule has 150 valence electrons. The van der Waals surface area contributed by atoms with Gasteiger partial charge in [0.2, 0.25) is 0 Å². The van der Waals surface area contributed by atoms with Crippen LogP contribution in [0.15, 0.2) is 30.4 Å². The highest BCUT2D eigenvalue weighted by Gasteiger charge is 2.30. The highest BCUT2D eigenvalue weighted by Crippen LogP contribution is 2.42. The third-order valence-electron chi connectivity index (χ3n) is 6.87. The number of hydrogen-bond donors (Lipinski definition) is 0. The molecule has 1 aromatic rings. The van der Waals surface area contributed by atoms with E-state index in [1.807, 2.05) is 6.07 Å². The number of rotatable bonds is 7. The van der Waals surface area contributed by atoms with Crippen molar-refractivity contribution in [2.24, 2.45) is 23.7 Å². The van der Waals surface area contributed by atoms with Gasteiger partial charge in [-0.2, -0.15) is 0 Å². The summed E-state index contributed by atoms with van der Waals surface area (Å²) in [4.78, 5) is 0. The number of allylic oxidation sites excluding steroid dienone is 1. The van der Waals surface area contributed by atoms with Gasteiger partial charge in [0.05, 0.1) is 11.6 Å². The van der Waals surface area contributed by atoms with E-state index in [1.165, 1.54) is 57.8 Å². The van der Waals surface area contributed by atoms with Crippen LogP contribution >= 0.6 is 11.6 Å². The zero-order valence-electron chi connectivity index (χ0n) is 16.6. The summed E-state index contributed by atoms with van der Waals surface area (Å²) in [5, 5.41) is 0.225. The summed E-state index contributed by atoms with van der Waals surface area (Å²) in [5.74, 6) is 3.19. The fourth-order valence-corrected chi connectivity index (χ4v) is 5.28. The first kappa shape index (κ1) is 20.9. The van der Waals surface area contributed by atoms with Crippen molar-refractivity contribution < 1.29 is 9.13 Å². The van der Waals surface area contributed by atoms with Crippen LogP contribution in [-0.4, -0.2) is 13.7 Å². The molecule has 0 amide bonds. The summed E-state index contributed by atoms with van der Waals surface area (Å²) in [6.07, 6.45) is 17.7. The molecule has 27 heavy (non-hydrogen) atoms. The lowest BCUT2D eigenvalue weighted by molar-refractivity contribution is 0.152. The molecule has 0 heterocycles. The van der Waals surface area contributed by atoms with Crippen molar-refractivity contribution in [1.82, 2.24) is 0 Å². The second-order valence-corrected chi connectivity index (χ2v) is 9.03. The number of halogens is 2. The number of hydrogen-bond acceptors (Lipinski definition) is 1. The molecule has 3 rings (SSSR count). The van der Waals surface area contributed by atoms with Gasteiger partial charge in [0, 0.05) is 7.11 Å². The molecular weight excluding hydrogens is 359 g/mol. The van der Waals surface area contributed by atoms with Crippen molar-refractivity contribution in [3.63, 3.8) is 0 Å². The first-order chi connectivity index (χ1) is 13.2. The zero-order chi connectivity index (χ0) is 19.1. The lowest BCUT2D eigenvalue weighted by Gasteiger charge is -2.37. The zero-order valence-corrected chi connectivity index (χ0v) is 17.4. The summed E-state index contributed by atoms with van der Waals surface area (Å²) >= 11 is 5.78. The molecule has 0 N–H and O–H groups in total. The van der Waals surface area contributed by atoms with E-state index in [9.17, 15) is 4.39 Å². The Kier molecular flexibility index (Phi) is 8.21. The van der Waals surface area contributed by atoms with Gasteiger partial charge in [-0.1, -0.05) is 42.7 Å². The van der Waals surface area contributed by atoms with E-state index < -0.39 is 0 Å². The lowest BCUT2D eigenvalue weighted by Crippen LogP contribution is -2.25. The van der Waals surface area contributed by atoms with E-state index in [4.69, 9.17) is 16.3 Å². The molecule has 2 aliphatic carbocycles. The summed E-state index contributed by atoms with van der Waals surface area (Å²) in [6.45, 7) is 0.743. The molecule has 0 radical (unpaired) electrons. The second-order valence-electron chi connectivity index (χ2n) is 8.63. The van der Waals surface area contributed by atoms with Crippen LogP contribution in [-0.2, 0) is 11.2 Å². The van der Waals surface area contributed by atoms with Gasteiger partial charge in [-0.05, 0) is 92.7 Å². The molecular formula is C24H34ClFO. The van der Waals surface area contributed by atoms with Gasteiger partial charge in [-0.3, -0.25) is 0 Å². The van der Waals surface area contributed by atoms with Crippen molar-refractivity contribution in [2.75, 3.05) is 13.7 Å². The number of aryl methyl sites for hydroxylation is 1. The Balaban J connectivity index is 1.36. The van der Waals surface area contributed by atoms with Crippen LogP contribution in [0.4, 0.5) is 4.39 Å². The van der Waals surface area contributed by atoms with Crippen molar-refractivity contribution in [1.29, 1.82) is 0 Å². The van der Waals surface area contributed by atoms with Gasteiger partial charge in [-0.15, -0.1) is 0 Å². The van der Waals surface area contributed by atoms with E-state index in [2.05, 4.69) is 12.2 Å². The Bertz CT molecular complexity index is 598. The maximum atomic E-state index is 13.6. The van der Waals surface area contributed by atoms with Crippen LogP contribution < -0.4 is 0 Å². The molecule has 0 spiro atoms. The minimum Gasteiger partial charge on any atom is -0.381 e. The Morgan fingerprint density at radius 2 is 1.70 bits per heavy atom. The standard InChI is InChI=1S/C24H34ClFO/c1-27-16-2-3-18-6-11-21(12-7-18)22-13-8-19(9-14-22)4-5-20-10-15-23(25)24(26)17-20/h2-3,10,15,17-19,21-22H,4-9,11-14,16H2,1H3/b3-2+/t18-,19?,21-,22?. The number of methoxy groups -OCH3 is 1. The van der Waals surface area contributed by atoms with Crippen molar-refractivity contribution >= 4 is 11.6 Å². The van der Waals surface area contributed by atoms with Gasteiger partial charge >= 0.3 is 0 Å². The highest BCUT2D eigenvalue weighted by atomic mass is 35.5. The minimum absolute atomic E-state index is 0.225. The van der Waals surface area contributed by atoms with Crippen LogP contribution in [0.1, 0.15) is 63.4 Å². The maximum absolute atomic E-state index is 13.6. The van der Waals surface area contributed by atoms with Crippen LogP contribution in [0.25, 0.3) is 0 Å². The lowest BCUT2D eigenvalue weighted by atomic mass is 9.68. The molecule has 0 bridgehead atoms. The monoisotopic (exact) mass is 392 g/mol. The maximum Gasteiger partial charge on any atom is 0.142 e. The Morgan fingerprint density at radius 3 is 2.33 bits per heavy atom. The topological polar surface area (TPSA) is 9.23 Å². The smallest absolute Gasteiger partial charge is 0.142 e. The Labute approximate surface area is 169 Å².